The zero-order valence-corrected chi connectivity index (χ0v) is 19.4. The van der Waals surface area contributed by atoms with Crippen molar-refractivity contribution in [1.29, 1.82) is 0 Å². The van der Waals surface area contributed by atoms with E-state index in [2.05, 4.69) is 34.7 Å². The van der Waals surface area contributed by atoms with Gasteiger partial charge in [-0.25, -0.2) is 0 Å². The number of hydrogen-bond acceptors (Lipinski definition) is 5. The maximum absolute atomic E-state index is 13.4. The average molecular weight is 444 g/mol. The fourth-order valence-electron chi connectivity index (χ4n) is 3.35. The van der Waals surface area contributed by atoms with Gasteiger partial charge >= 0.3 is 0 Å². The molecule has 4 aromatic rings. The Hall–Kier alpha value is -3.45. The van der Waals surface area contributed by atoms with E-state index < -0.39 is 5.25 Å². The van der Waals surface area contributed by atoms with Gasteiger partial charge in [0.1, 0.15) is 5.25 Å². The Morgan fingerprint density at radius 2 is 1.66 bits per heavy atom. The summed E-state index contributed by atoms with van der Waals surface area (Å²) >= 11 is 1.33. The molecule has 1 heterocycles. The van der Waals surface area contributed by atoms with Crippen LogP contribution in [0.2, 0.25) is 0 Å². The first-order valence-electron chi connectivity index (χ1n) is 10.4. The number of benzene rings is 3. The average Bonchev–Trinajstić information content (AvgIpc) is 3.25. The summed E-state index contributed by atoms with van der Waals surface area (Å²) in [6, 6.07) is 21.8. The highest BCUT2D eigenvalue weighted by molar-refractivity contribution is 8.00. The van der Waals surface area contributed by atoms with Crippen molar-refractivity contribution in [2.75, 3.05) is 5.32 Å². The number of rotatable bonds is 6. The molecule has 6 nitrogen and oxygen atoms in total. The van der Waals surface area contributed by atoms with Crippen molar-refractivity contribution in [2.24, 2.45) is 0 Å². The largest absolute Gasteiger partial charge is 0.325 e. The normalized spacial score (nSPS) is 11.9. The van der Waals surface area contributed by atoms with Crippen molar-refractivity contribution in [3.8, 4) is 5.69 Å². The number of nitrogens with zero attached hydrogens (tertiary/aromatic N) is 4. The zero-order chi connectivity index (χ0) is 22.7. The molecular formula is C25H25N5OS. The quantitative estimate of drug-likeness (QED) is 0.406. The highest BCUT2D eigenvalue weighted by atomic mass is 32.2. The third-order valence-corrected chi connectivity index (χ3v) is 6.58. The predicted octanol–water partition coefficient (Wildman–Crippen LogP) is 5.37. The molecule has 1 aromatic heterocycles. The molecule has 4 rings (SSSR count). The number of anilines is 1. The lowest BCUT2D eigenvalue weighted by Crippen LogP contribution is -2.20. The third-order valence-electron chi connectivity index (χ3n) is 5.39. The van der Waals surface area contributed by atoms with Crippen molar-refractivity contribution in [3.63, 3.8) is 0 Å². The van der Waals surface area contributed by atoms with E-state index in [-0.39, 0.29) is 5.91 Å². The van der Waals surface area contributed by atoms with Crippen molar-refractivity contribution < 1.29 is 4.79 Å². The second-order valence-electron chi connectivity index (χ2n) is 7.86. The fourth-order valence-corrected chi connectivity index (χ4v) is 4.34. The molecule has 7 heteroatoms. The molecule has 162 valence electrons. The number of carbonyl (C=O) groups excluding carboxylic acids is 1. The minimum Gasteiger partial charge on any atom is -0.325 e. The Kier molecular flexibility index (Phi) is 6.37. The SMILES string of the molecule is Cc1ccc(C)c(NC(=O)C(Sc2nnnn2-c2ccc(C)c(C)c2)c2ccccc2)c1. The molecule has 32 heavy (non-hydrogen) atoms. The lowest BCUT2D eigenvalue weighted by atomic mass is 10.1. The monoisotopic (exact) mass is 443 g/mol. The van der Waals surface area contributed by atoms with Gasteiger partial charge in [-0.2, -0.15) is 4.68 Å². The molecule has 0 aliphatic rings. The lowest BCUT2D eigenvalue weighted by Gasteiger charge is -2.18. The van der Waals surface area contributed by atoms with Gasteiger partial charge in [0.15, 0.2) is 0 Å². The fraction of sp³-hybridized carbons (Fsp3) is 0.200. The van der Waals surface area contributed by atoms with Crippen LogP contribution in [0.3, 0.4) is 0 Å². The third kappa shape index (κ3) is 4.73. The summed E-state index contributed by atoms with van der Waals surface area (Å²) in [4.78, 5) is 13.4. The summed E-state index contributed by atoms with van der Waals surface area (Å²) in [5, 5.41) is 15.4. The van der Waals surface area contributed by atoms with E-state index in [0.29, 0.717) is 5.16 Å². The Morgan fingerprint density at radius 3 is 2.41 bits per heavy atom. The first kappa shape index (κ1) is 21.8. The highest BCUT2D eigenvalue weighted by Gasteiger charge is 2.26. The van der Waals surface area contributed by atoms with Crippen molar-refractivity contribution >= 4 is 23.4 Å². The summed E-state index contributed by atoms with van der Waals surface area (Å²) in [6.45, 7) is 8.12. The minimum absolute atomic E-state index is 0.121. The van der Waals surface area contributed by atoms with E-state index in [0.717, 1.165) is 33.6 Å². The summed E-state index contributed by atoms with van der Waals surface area (Å²) in [5.41, 5.74) is 7.02. The number of thioether (sulfide) groups is 1. The lowest BCUT2D eigenvalue weighted by molar-refractivity contribution is -0.115. The van der Waals surface area contributed by atoms with Crippen LogP contribution in [0.15, 0.2) is 71.9 Å². The van der Waals surface area contributed by atoms with Crippen LogP contribution in [0.5, 0.6) is 0 Å². The molecule has 0 bridgehead atoms. The van der Waals surface area contributed by atoms with Gasteiger partial charge in [-0.3, -0.25) is 4.79 Å². The van der Waals surface area contributed by atoms with Crippen LogP contribution in [0.1, 0.15) is 33.1 Å². The number of carbonyl (C=O) groups is 1. The van der Waals surface area contributed by atoms with Crippen LogP contribution in [0.25, 0.3) is 5.69 Å². The van der Waals surface area contributed by atoms with Gasteiger partial charge in [0.2, 0.25) is 11.1 Å². The molecule has 0 radical (unpaired) electrons. The Morgan fingerprint density at radius 1 is 0.906 bits per heavy atom. The number of aromatic nitrogens is 4. The molecule has 1 N–H and O–H groups in total. The summed E-state index contributed by atoms with van der Waals surface area (Å²) in [5.74, 6) is -0.121. The molecule has 1 unspecified atom stereocenters. The topological polar surface area (TPSA) is 72.7 Å². The van der Waals surface area contributed by atoms with Crippen LogP contribution >= 0.6 is 11.8 Å². The Bertz CT molecular complexity index is 1250. The molecule has 0 aliphatic carbocycles. The summed E-state index contributed by atoms with van der Waals surface area (Å²) < 4.78 is 1.68. The Balaban J connectivity index is 1.67. The maximum atomic E-state index is 13.4. The molecule has 0 fully saturated rings. The van der Waals surface area contributed by atoms with Crippen LogP contribution in [-0.2, 0) is 4.79 Å². The van der Waals surface area contributed by atoms with E-state index >= 15 is 0 Å². The Labute approximate surface area is 192 Å². The molecule has 0 spiro atoms. The zero-order valence-electron chi connectivity index (χ0n) is 18.5. The maximum Gasteiger partial charge on any atom is 0.242 e. The standard InChI is InChI=1S/C25H25N5OS/c1-16-10-11-18(3)22(14-16)26-24(31)23(20-8-6-5-7-9-20)32-25-27-28-29-30(25)21-13-12-17(2)19(4)15-21/h5-15,23H,1-4H3,(H,26,31). The molecule has 1 atom stereocenters. The van der Waals surface area contributed by atoms with Gasteiger partial charge in [-0.1, -0.05) is 60.3 Å². The molecule has 0 aliphatic heterocycles. The van der Waals surface area contributed by atoms with Gasteiger partial charge in [0.25, 0.3) is 0 Å². The first-order valence-corrected chi connectivity index (χ1v) is 11.3. The van der Waals surface area contributed by atoms with E-state index in [9.17, 15) is 4.79 Å². The number of tetrazole rings is 1. The van der Waals surface area contributed by atoms with Crippen LogP contribution in [-0.4, -0.2) is 26.1 Å². The molecular weight excluding hydrogens is 418 g/mol. The van der Waals surface area contributed by atoms with Crippen LogP contribution in [0.4, 0.5) is 5.69 Å². The van der Waals surface area contributed by atoms with Gasteiger partial charge < -0.3 is 5.32 Å². The number of aryl methyl sites for hydroxylation is 4. The van der Waals surface area contributed by atoms with Gasteiger partial charge in [-0.05, 0) is 84.1 Å². The summed E-state index contributed by atoms with van der Waals surface area (Å²) in [7, 11) is 0. The van der Waals surface area contributed by atoms with E-state index in [1.807, 2.05) is 80.6 Å². The number of hydrogen-bond donors (Lipinski definition) is 1. The van der Waals surface area contributed by atoms with Crippen molar-refractivity contribution in [1.82, 2.24) is 20.2 Å². The smallest absolute Gasteiger partial charge is 0.242 e. The second kappa shape index (κ2) is 9.36. The van der Waals surface area contributed by atoms with E-state index in [1.165, 1.54) is 17.3 Å². The van der Waals surface area contributed by atoms with E-state index in [4.69, 9.17) is 0 Å². The molecule has 3 aromatic carbocycles. The second-order valence-corrected chi connectivity index (χ2v) is 8.93. The highest BCUT2D eigenvalue weighted by Crippen LogP contribution is 2.36. The van der Waals surface area contributed by atoms with Crippen molar-refractivity contribution in [3.05, 3.63) is 94.5 Å². The molecule has 1 amide bonds. The number of nitrogens with one attached hydrogen (secondary N) is 1. The van der Waals surface area contributed by atoms with Gasteiger partial charge in [0, 0.05) is 5.69 Å². The first-order chi connectivity index (χ1) is 15.4. The predicted molar refractivity (Wildman–Crippen MR) is 128 cm³/mol. The van der Waals surface area contributed by atoms with Crippen LogP contribution in [0, 0.1) is 27.7 Å². The molecule has 0 saturated heterocycles. The molecule has 0 saturated carbocycles. The van der Waals surface area contributed by atoms with E-state index in [1.54, 1.807) is 4.68 Å². The van der Waals surface area contributed by atoms with Crippen LogP contribution < -0.4 is 5.32 Å². The number of amides is 1. The van der Waals surface area contributed by atoms with Gasteiger partial charge in [0.05, 0.1) is 5.69 Å². The minimum atomic E-state index is -0.521. The summed E-state index contributed by atoms with van der Waals surface area (Å²) in [6.07, 6.45) is 0. The van der Waals surface area contributed by atoms with Gasteiger partial charge in [-0.15, -0.1) is 5.10 Å². The van der Waals surface area contributed by atoms with Crippen molar-refractivity contribution in [2.45, 2.75) is 38.1 Å².